The molecule has 0 fully saturated rings. The van der Waals surface area contributed by atoms with Crippen molar-refractivity contribution >= 4 is 39.0 Å². The first kappa shape index (κ1) is 20.2. The van der Waals surface area contributed by atoms with E-state index in [-0.39, 0.29) is 12.8 Å². The van der Waals surface area contributed by atoms with Gasteiger partial charge in [0.15, 0.2) is 5.13 Å². The van der Waals surface area contributed by atoms with Crippen LogP contribution < -0.4 is 14.8 Å². The molecule has 1 aromatic carbocycles. The summed E-state index contributed by atoms with van der Waals surface area (Å²) in [5.74, 6) is 1.10. The molecule has 2 heterocycles. The van der Waals surface area contributed by atoms with E-state index in [1.54, 1.807) is 6.07 Å². The number of aromatic nitrogens is 2. The molecule has 0 aliphatic heterocycles. The minimum absolute atomic E-state index is 0.0103. The third-order valence-electron chi connectivity index (χ3n) is 3.67. The number of rotatable bonds is 7. The van der Waals surface area contributed by atoms with E-state index < -0.39 is 0 Å². The number of ether oxygens (including phenoxy) is 2. The lowest BCUT2D eigenvalue weighted by molar-refractivity contribution is 0.245. The van der Waals surface area contributed by atoms with Crippen LogP contribution in [0.2, 0.25) is 5.02 Å². The molecule has 0 saturated carbocycles. The lowest BCUT2D eigenvalue weighted by Gasteiger charge is -2.15. The zero-order valence-electron chi connectivity index (χ0n) is 16.1. The van der Waals surface area contributed by atoms with Gasteiger partial charge in [-0.3, -0.25) is 4.85 Å². The van der Waals surface area contributed by atoms with Gasteiger partial charge in [0.1, 0.15) is 22.2 Å². The van der Waals surface area contributed by atoms with Crippen LogP contribution in [0.5, 0.6) is 11.5 Å². The minimum Gasteiger partial charge on any atom is -0.490 e. The Bertz CT molecular complexity index is 1030. The third kappa shape index (κ3) is 4.46. The van der Waals surface area contributed by atoms with Gasteiger partial charge in [0.2, 0.25) is 0 Å². The van der Waals surface area contributed by atoms with Crippen LogP contribution in [0.15, 0.2) is 23.6 Å². The van der Waals surface area contributed by atoms with Crippen LogP contribution in [0.25, 0.3) is 27.1 Å². The predicted molar refractivity (Wildman–Crippen MR) is 114 cm³/mol. The largest absolute Gasteiger partial charge is 0.490 e. The maximum atomic E-state index is 6.90. The van der Waals surface area contributed by atoms with Gasteiger partial charge in [-0.25, -0.2) is 16.5 Å². The van der Waals surface area contributed by atoms with Gasteiger partial charge < -0.3 is 14.8 Å². The molecule has 3 aromatic rings. The summed E-state index contributed by atoms with van der Waals surface area (Å²) < 4.78 is 11.4. The summed E-state index contributed by atoms with van der Waals surface area (Å²) in [5, 5.41) is 7.22. The van der Waals surface area contributed by atoms with Crippen molar-refractivity contribution in [3.05, 3.63) is 40.0 Å². The van der Waals surface area contributed by atoms with Crippen molar-refractivity contribution in [3.63, 3.8) is 0 Å². The number of halogens is 1. The fraction of sp³-hybridized carbons (Fsp3) is 0.350. The Labute approximate surface area is 173 Å². The second kappa shape index (κ2) is 8.63. The molecule has 1 N–H and O–H groups in total. The molecule has 8 heteroatoms. The number of hydrogen-bond acceptors (Lipinski definition) is 6. The van der Waals surface area contributed by atoms with E-state index in [9.17, 15) is 0 Å². The normalized spacial score (nSPS) is 11.1. The van der Waals surface area contributed by atoms with E-state index in [0.29, 0.717) is 33.8 Å². The zero-order chi connectivity index (χ0) is 20.3. The second-order valence-electron chi connectivity index (χ2n) is 6.71. The summed E-state index contributed by atoms with van der Waals surface area (Å²) in [7, 11) is 0. The van der Waals surface area contributed by atoms with Crippen LogP contribution in [0, 0.1) is 6.57 Å². The maximum absolute atomic E-state index is 6.90. The van der Waals surface area contributed by atoms with Gasteiger partial charge in [-0.15, -0.1) is 11.3 Å². The fourth-order valence-electron chi connectivity index (χ4n) is 2.61. The van der Waals surface area contributed by atoms with Gasteiger partial charge in [0.05, 0.1) is 17.3 Å². The molecule has 0 radical (unpaired) electrons. The number of fused-ring (bicyclic) bond motifs is 1. The topological polar surface area (TPSA) is 60.6 Å². The molecule has 0 bridgehead atoms. The van der Waals surface area contributed by atoms with Gasteiger partial charge in [0, 0.05) is 22.9 Å². The molecule has 146 valence electrons. The number of anilines is 1. The Morgan fingerprint density at radius 2 is 1.96 bits per heavy atom. The minimum atomic E-state index is -0.101. The molecular formula is C20H21ClN4O2S. The van der Waals surface area contributed by atoms with Crippen LogP contribution >= 0.6 is 22.9 Å². The molecule has 0 aliphatic carbocycles. The summed E-state index contributed by atoms with van der Waals surface area (Å²) in [5.41, 5.74) is 1.97. The molecule has 0 unspecified atom stereocenters. The van der Waals surface area contributed by atoms with E-state index in [0.717, 1.165) is 16.2 Å². The molecule has 0 atom stereocenters. The van der Waals surface area contributed by atoms with E-state index in [1.165, 1.54) is 11.3 Å². The summed E-state index contributed by atoms with van der Waals surface area (Å²) in [6.45, 7) is 14.9. The third-order valence-corrected chi connectivity index (χ3v) is 4.81. The van der Waals surface area contributed by atoms with Crippen molar-refractivity contribution < 1.29 is 9.47 Å². The molecule has 3 rings (SSSR count). The van der Waals surface area contributed by atoms with E-state index >= 15 is 0 Å². The average Bonchev–Trinajstić information content (AvgIpc) is 3.08. The summed E-state index contributed by atoms with van der Waals surface area (Å²) in [4.78, 5) is 12.6. The lowest BCUT2D eigenvalue weighted by Crippen LogP contribution is -2.09. The number of thiazole rings is 1. The molecule has 6 nitrogen and oxygen atoms in total. The summed E-state index contributed by atoms with van der Waals surface area (Å²) in [6.07, 6.45) is -0.0103. The van der Waals surface area contributed by atoms with Gasteiger partial charge in [-0.1, -0.05) is 11.6 Å². The van der Waals surface area contributed by atoms with Crippen molar-refractivity contribution in [3.8, 4) is 22.9 Å². The molecule has 0 aliphatic rings. The Balaban J connectivity index is 2.13. The number of hydrogen-bond donors (Lipinski definition) is 1. The van der Waals surface area contributed by atoms with Crippen molar-refractivity contribution in [2.45, 2.75) is 39.8 Å². The van der Waals surface area contributed by atoms with Gasteiger partial charge >= 0.3 is 6.73 Å². The number of pyridine rings is 1. The highest BCUT2D eigenvalue weighted by molar-refractivity contribution is 7.14. The molecular weight excluding hydrogens is 396 g/mol. The van der Waals surface area contributed by atoms with Gasteiger partial charge in [-0.05, 0) is 39.8 Å². The van der Waals surface area contributed by atoms with Crippen LogP contribution in [0.1, 0.15) is 27.7 Å². The number of nitrogens with one attached hydrogen (secondary N) is 1. The van der Waals surface area contributed by atoms with Crippen molar-refractivity contribution in [2.75, 3.05) is 12.0 Å². The lowest BCUT2D eigenvalue weighted by atomic mass is 10.1. The van der Waals surface area contributed by atoms with Crippen molar-refractivity contribution in [2.24, 2.45) is 0 Å². The van der Waals surface area contributed by atoms with Gasteiger partial charge in [0.25, 0.3) is 0 Å². The van der Waals surface area contributed by atoms with Crippen LogP contribution in [0.3, 0.4) is 0 Å². The Morgan fingerprint density at radius 3 is 2.64 bits per heavy atom. The smallest absolute Gasteiger partial charge is 0.357 e. The van der Waals surface area contributed by atoms with Crippen LogP contribution in [0.4, 0.5) is 5.13 Å². The van der Waals surface area contributed by atoms with Gasteiger partial charge in [-0.2, -0.15) is 0 Å². The first-order chi connectivity index (χ1) is 13.4. The Hall–Kier alpha value is -2.56. The molecule has 2 aromatic heterocycles. The fourth-order valence-corrected chi connectivity index (χ4v) is 3.72. The van der Waals surface area contributed by atoms with Crippen molar-refractivity contribution in [1.82, 2.24) is 9.97 Å². The molecule has 0 saturated heterocycles. The number of benzene rings is 1. The average molecular weight is 417 g/mol. The number of nitrogens with zero attached hydrogens (tertiary/aromatic N) is 3. The monoisotopic (exact) mass is 416 g/mol. The highest BCUT2D eigenvalue weighted by Crippen LogP contribution is 2.39. The van der Waals surface area contributed by atoms with Crippen LogP contribution in [-0.2, 0) is 0 Å². The summed E-state index contributed by atoms with van der Waals surface area (Å²) in [6, 6.07) is 5.76. The first-order valence-electron chi connectivity index (χ1n) is 8.87. The van der Waals surface area contributed by atoms with Crippen LogP contribution in [-0.4, -0.2) is 28.8 Å². The summed E-state index contributed by atoms with van der Waals surface area (Å²) >= 11 is 8.07. The quantitative estimate of drug-likeness (QED) is 0.487. The standard InChI is InChI=1S/C20H21ClN4O2S/c1-11(2)23-20-25-15(9-28-20)14-8-17(27-12(3)4)13-6-7-16(26-10-22-5)18(21)19(13)24-14/h6-9,11-12H,10H2,1-4H3,(H,23,25). The highest BCUT2D eigenvalue weighted by Gasteiger charge is 2.17. The predicted octanol–water partition coefficient (Wildman–Crippen LogP) is 5.87. The van der Waals surface area contributed by atoms with E-state index in [1.807, 2.05) is 31.4 Å². The van der Waals surface area contributed by atoms with E-state index in [4.69, 9.17) is 32.6 Å². The molecule has 28 heavy (non-hydrogen) atoms. The highest BCUT2D eigenvalue weighted by atomic mass is 35.5. The zero-order valence-corrected chi connectivity index (χ0v) is 17.7. The van der Waals surface area contributed by atoms with Crippen molar-refractivity contribution in [1.29, 1.82) is 0 Å². The maximum Gasteiger partial charge on any atom is 0.357 e. The Morgan fingerprint density at radius 1 is 1.18 bits per heavy atom. The molecule has 0 amide bonds. The SMILES string of the molecule is [C-]#[N+]COc1ccc2c(OC(C)C)cc(-c3csc(NC(C)C)n3)nc2c1Cl. The first-order valence-corrected chi connectivity index (χ1v) is 10.1. The second-order valence-corrected chi connectivity index (χ2v) is 7.95. The van der Waals surface area contributed by atoms with E-state index in [2.05, 4.69) is 29.0 Å². The Kier molecular flexibility index (Phi) is 6.22. The molecule has 0 spiro atoms.